The molecule has 1 aliphatic rings. The van der Waals surface area contributed by atoms with Gasteiger partial charge in [-0.05, 0) is 47.9 Å². The molecule has 0 radical (unpaired) electrons. The van der Waals surface area contributed by atoms with Crippen LogP contribution in [-0.4, -0.2) is 33.9 Å². The number of methoxy groups -OCH3 is 1. The van der Waals surface area contributed by atoms with E-state index in [1.54, 1.807) is 31.4 Å². The minimum Gasteiger partial charge on any atom is -0.497 e. The summed E-state index contributed by atoms with van der Waals surface area (Å²) in [6.07, 6.45) is 0.854. The number of sulfonamides is 1. The zero-order valence-electron chi connectivity index (χ0n) is 16.0. The number of amides is 2. The van der Waals surface area contributed by atoms with Crippen LogP contribution in [0.15, 0.2) is 47.4 Å². The first kappa shape index (κ1) is 20.8. The number of aryl methyl sites for hydroxylation is 1. The van der Waals surface area contributed by atoms with E-state index >= 15 is 0 Å². The summed E-state index contributed by atoms with van der Waals surface area (Å²) in [7, 11) is -2.15. The zero-order valence-corrected chi connectivity index (χ0v) is 16.8. The molecular formula is C20H23N3O5S. The summed E-state index contributed by atoms with van der Waals surface area (Å²) in [5.41, 5.74) is 2.34. The van der Waals surface area contributed by atoms with Gasteiger partial charge in [-0.3, -0.25) is 9.59 Å². The molecule has 29 heavy (non-hydrogen) atoms. The average Bonchev–Trinajstić information content (AvgIpc) is 2.72. The third-order valence-electron chi connectivity index (χ3n) is 4.58. The van der Waals surface area contributed by atoms with Crippen LogP contribution in [-0.2, 0) is 32.6 Å². The Morgan fingerprint density at radius 2 is 1.90 bits per heavy atom. The van der Waals surface area contributed by atoms with E-state index in [0.717, 1.165) is 16.9 Å². The highest BCUT2D eigenvalue weighted by Gasteiger charge is 2.20. The van der Waals surface area contributed by atoms with Crippen molar-refractivity contribution in [2.24, 2.45) is 0 Å². The van der Waals surface area contributed by atoms with Gasteiger partial charge in [-0.1, -0.05) is 12.1 Å². The summed E-state index contributed by atoms with van der Waals surface area (Å²) in [6, 6.07) is 11.9. The second-order valence-electron chi connectivity index (χ2n) is 6.64. The second kappa shape index (κ2) is 9.06. The molecule has 0 saturated heterocycles. The first-order valence-electron chi connectivity index (χ1n) is 9.19. The van der Waals surface area contributed by atoms with Crippen LogP contribution in [0.4, 0.5) is 5.69 Å². The SMILES string of the molecule is COc1ccc(CNC(=O)CCNS(=O)(=O)c2ccc3c(c2)CCC(=O)N3)cc1. The highest BCUT2D eigenvalue weighted by Crippen LogP contribution is 2.25. The molecule has 1 heterocycles. The monoisotopic (exact) mass is 417 g/mol. The molecule has 0 bridgehead atoms. The Bertz CT molecular complexity index is 1000. The van der Waals surface area contributed by atoms with Crippen molar-refractivity contribution in [3.8, 4) is 5.75 Å². The number of anilines is 1. The lowest BCUT2D eigenvalue weighted by Gasteiger charge is -2.17. The van der Waals surface area contributed by atoms with E-state index in [-0.39, 0.29) is 29.7 Å². The van der Waals surface area contributed by atoms with Crippen molar-refractivity contribution < 1.29 is 22.7 Å². The number of hydrogen-bond donors (Lipinski definition) is 3. The Hall–Kier alpha value is -2.91. The largest absolute Gasteiger partial charge is 0.497 e. The maximum atomic E-state index is 12.5. The molecule has 0 saturated carbocycles. The summed E-state index contributed by atoms with van der Waals surface area (Å²) in [4.78, 5) is 23.5. The normalized spacial score (nSPS) is 13.3. The molecule has 0 aliphatic carbocycles. The average molecular weight is 417 g/mol. The molecule has 2 amide bonds. The Labute approximate surface area is 169 Å². The topological polar surface area (TPSA) is 114 Å². The Kier molecular flexibility index (Phi) is 6.50. The molecule has 2 aromatic carbocycles. The van der Waals surface area contributed by atoms with Gasteiger partial charge >= 0.3 is 0 Å². The number of fused-ring (bicyclic) bond motifs is 1. The van der Waals surface area contributed by atoms with Crippen molar-refractivity contribution in [2.45, 2.75) is 30.7 Å². The molecule has 8 nitrogen and oxygen atoms in total. The molecule has 9 heteroatoms. The quantitative estimate of drug-likeness (QED) is 0.603. The fourth-order valence-electron chi connectivity index (χ4n) is 2.94. The Balaban J connectivity index is 1.48. The Morgan fingerprint density at radius 3 is 2.62 bits per heavy atom. The predicted molar refractivity (Wildman–Crippen MR) is 108 cm³/mol. The van der Waals surface area contributed by atoms with Crippen LogP contribution in [0, 0.1) is 0 Å². The first-order chi connectivity index (χ1) is 13.9. The minimum atomic E-state index is -3.73. The van der Waals surface area contributed by atoms with Gasteiger partial charge in [0.25, 0.3) is 0 Å². The predicted octanol–water partition coefficient (Wildman–Crippen LogP) is 1.56. The standard InChI is InChI=1S/C20H23N3O5S/c1-28-16-5-2-14(3-6-16)13-21-19(24)10-11-22-29(26,27)17-7-8-18-15(12-17)4-9-20(25)23-18/h2-3,5-8,12,22H,4,9-11,13H2,1H3,(H,21,24)(H,23,25). The molecule has 0 fully saturated rings. The van der Waals surface area contributed by atoms with E-state index in [9.17, 15) is 18.0 Å². The van der Waals surface area contributed by atoms with Crippen molar-refractivity contribution in [1.29, 1.82) is 0 Å². The van der Waals surface area contributed by atoms with Gasteiger partial charge in [0.15, 0.2) is 0 Å². The smallest absolute Gasteiger partial charge is 0.240 e. The molecule has 3 N–H and O–H groups in total. The van der Waals surface area contributed by atoms with Crippen molar-refractivity contribution in [2.75, 3.05) is 19.0 Å². The van der Waals surface area contributed by atoms with Crippen molar-refractivity contribution in [3.63, 3.8) is 0 Å². The van der Waals surface area contributed by atoms with E-state index in [1.807, 2.05) is 12.1 Å². The van der Waals surface area contributed by atoms with Crippen molar-refractivity contribution in [3.05, 3.63) is 53.6 Å². The van der Waals surface area contributed by atoms with Crippen LogP contribution in [0.3, 0.4) is 0 Å². The Morgan fingerprint density at radius 1 is 1.14 bits per heavy atom. The second-order valence-corrected chi connectivity index (χ2v) is 8.41. The number of benzene rings is 2. The van der Waals surface area contributed by atoms with Crippen LogP contribution in [0.5, 0.6) is 5.75 Å². The number of nitrogens with one attached hydrogen (secondary N) is 3. The molecule has 154 valence electrons. The van der Waals surface area contributed by atoms with Gasteiger partial charge in [0.1, 0.15) is 5.75 Å². The van der Waals surface area contributed by atoms with Crippen LogP contribution >= 0.6 is 0 Å². The molecular weight excluding hydrogens is 394 g/mol. The van der Waals surface area contributed by atoms with Gasteiger partial charge in [-0.15, -0.1) is 0 Å². The van der Waals surface area contributed by atoms with E-state index in [4.69, 9.17) is 4.74 Å². The van der Waals surface area contributed by atoms with Gasteiger partial charge in [-0.2, -0.15) is 0 Å². The summed E-state index contributed by atoms with van der Waals surface area (Å²) < 4.78 is 32.4. The van der Waals surface area contributed by atoms with Crippen LogP contribution < -0.4 is 20.1 Å². The summed E-state index contributed by atoms with van der Waals surface area (Å²) in [5, 5.41) is 5.47. The fraction of sp³-hybridized carbons (Fsp3) is 0.300. The summed E-state index contributed by atoms with van der Waals surface area (Å²) in [5.74, 6) is 0.405. The van der Waals surface area contributed by atoms with Gasteiger partial charge in [0, 0.05) is 31.6 Å². The minimum absolute atomic E-state index is 0.00933. The molecule has 3 rings (SSSR count). The van der Waals surface area contributed by atoms with Crippen molar-refractivity contribution >= 4 is 27.5 Å². The maximum absolute atomic E-state index is 12.5. The van der Waals surface area contributed by atoms with Gasteiger partial charge in [0.2, 0.25) is 21.8 Å². The fourth-order valence-corrected chi connectivity index (χ4v) is 4.02. The lowest BCUT2D eigenvalue weighted by molar-refractivity contribution is -0.121. The molecule has 0 atom stereocenters. The first-order valence-corrected chi connectivity index (χ1v) is 10.7. The third kappa shape index (κ3) is 5.55. The number of rotatable bonds is 8. The zero-order chi connectivity index (χ0) is 20.9. The number of hydrogen-bond acceptors (Lipinski definition) is 5. The van der Waals surface area contributed by atoms with Crippen LogP contribution in [0.25, 0.3) is 0 Å². The molecule has 1 aliphatic heterocycles. The van der Waals surface area contributed by atoms with E-state index in [1.165, 1.54) is 6.07 Å². The van der Waals surface area contributed by atoms with Gasteiger partial charge in [-0.25, -0.2) is 13.1 Å². The molecule has 0 unspecified atom stereocenters. The van der Waals surface area contributed by atoms with Crippen LogP contribution in [0.1, 0.15) is 24.0 Å². The third-order valence-corrected chi connectivity index (χ3v) is 6.03. The van der Waals surface area contributed by atoms with Crippen LogP contribution in [0.2, 0.25) is 0 Å². The molecule has 0 spiro atoms. The number of carbonyl (C=O) groups is 2. The molecule has 0 aromatic heterocycles. The van der Waals surface area contributed by atoms with E-state index < -0.39 is 10.0 Å². The lowest BCUT2D eigenvalue weighted by Crippen LogP contribution is -2.30. The van der Waals surface area contributed by atoms with Gasteiger partial charge in [0.05, 0.1) is 12.0 Å². The molecule has 2 aromatic rings. The van der Waals surface area contributed by atoms with E-state index in [0.29, 0.717) is 25.1 Å². The summed E-state index contributed by atoms with van der Waals surface area (Å²) >= 11 is 0. The van der Waals surface area contributed by atoms with E-state index in [2.05, 4.69) is 15.4 Å². The maximum Gasteiger partial charge on any atom is 0.240 e. The van der Waals surface area contributed by atoms with Gasteiger partial charge < -0.3 is 15.4 Å². The highest BCUT2D eigenvalue weighted by molar-refractivity contribution is 7.89. The number of carbonyl (C=O) groups excluding carboxylic acids is 2. The number of ether oxygens (including phenoxy) is 1. The lowest BCUT2D eigenvalue weighted by atomic mass is 10.0. The summed E-state index contributed by atoms with van der Waals surface area (Å²) in [6.45, 7) is 0.344. The van der Waals surface area contributed by atoms with Crippen molar-refractivity contribution in [1.82, 2.24) is 10.0 Å². The highest BCUT2D eigenvalue weighted by atomic mass is 32.2.